The van der Waals surface area contributed by atoms with E-state index in [1.165, 1.54) is 0 Å². The normalized spacial score (nSPS) is 28.6. The highest BCUT2D eigenvalue weighted by molar-refractivity contribution is 7.91. The van der Waals surface area contributed by atoms with Crippen molar-refractivity contribution in [2.45, 2.75) is 26.7 Å². The van der Waals surface area contributed by atoms with Crippen LogP contribution in [0.25, 0.3) is 0 Å². The molecule has 0 radical (unpaired) electrons. The van der Waals surface area contributed by atoms with Crippen molar-refractivity contribution in [2.75, 3.05) is 11.5 Å². The summed E-state index contributed by atoms with van der Waals surface area (Å²) in [5, 5.41) is 0. The molecule has 0 amide bonds. The predicted molar refractivity (Wildman–Crippen MR) is 51.2 cm³/mol. The Hall–Kier alpha value is -0.380. The minimum absolute atomic E-state index is 0.0123. The SMILES string of the molecule is CCC(C)C(=O)C1CCS(=O)(=O)C1. The third kappa shape index (κ3) is 2.53. The van der Waals surface area contributed by atoms with E-state index in [0.717, 1.165) is 6.42 Å². The van der Waals surface area contributed by atoms with E-state index in [2.05, 4.69) is 0 Å². The molecule has 1 fully saturated rings. The third-order valence-corrected chi connectivity index (χ3v) is 4.50. The first-order valence-corrected chi connectivity index (χ1v) is 6.52. The van der Waals surface area contributed by atoms with Gasteiger partial charge in [0, 0.05) is 11.8 Å². The summed E-state index contributed by atoms with van der Waals surface area (Å²) in [5.74, 6) is 0.192. The Kier molecular flexibility index (Phi) is 3.11. The highest BCUT2D eigenvalue weighted by Crippen LogP contribution is 2.23. The fourth-order valence-electron chi connectivity index (χ4n) is 1.62. The topological polar surface area (TPSA) is 51.2 Å². The van der Waals surface area contributed by atoms with E-state index in [4.69, 9.17) is 0 Å². The second-order valence-electron chi connectivity index (χ2n) is 3.81. The van der Waals surface area contributed by atoms with Crippen LogP contribution in [0.2, 0.25) is 0 Å². The van der Waals surface area contributed by atoms with Crippen LogP contribution in [0.5, 0.6) is 0 Å². The van der Waals surface area contributed by atoms with Crippen molar-refractivity contribution < 1.29 is 13.2 Å². The van der Waals surface area contributed by atoms with Crippen molar-refractivity contribution in [3.05, 3.63) is 0 Å². The summed E-state index contributed by atoms with van der Waals surface area (Å²) in [5.41, 5.74) is 0. The average molecular weight is 204 g/mol. The number of carbonyl (C=O) groups is 1. The summed E-state index contributed by atoms with van der Waals surface area (Å²) in [4.78, 5) is 11.6. The van der Waals surface area contributed by atoms with Crippen LogP contribution in [-0.4, -0.2) is 25.7 Å². The van der Waals surface area contributed by atoms with Crippen molar-refractivity contribution in [3.63, 3.8) is 0 Å². The van der Waals surface area contributed by atoms with Gasteiger partial charge in [-0.15, -0.1) is 0 Å². The van der Waals surface area contributed by atoms with E-state index in [0.29, 0.717) is 6.42 Å². The molecular weight excluding hydrogens is 188 g/mol. The quantitative estimate of drug-likeness (QED) is 0.690. The minimum Gasteiger partial charge on any atom is -0.299 e. The van der Waals surface area contributed by atoms with Gasteiger partial charge in [0.25, 0.3) is 0 Å². The zero-order valence-corrected chi connectivity index (χ0v) is 8.93. The van der Waals surface area contributed by atoms with Gasteiger partial charge in [0.15, 0.2) is 9.84 Å². The van der Waals surface area contributed by atoms with Gasteiger partial charge >= 0.3 is 0 Å². The summed E-state index contributed by atoms with van der Waals surface area (Å²) in [6, 6.07) is 0. The molecule has 4 heteroatoms. The van der Waals surface area contributed by atoms with Crippen molar-refractivity contribution in [1.82, 2.24) is 0 Å². The molecular formula is C9H16O3S. The number of sulfone groups is 1. The fraction of sp³-hybridized carbons (Fsp3) is 0.889. The summed E-state index contributed by atoms with van der Waals surface area (Å²) in [6.07, 6.45) is 1.33. The lowest BCUT2D eigenvalue weighted by Gasteiger charge is -2.11. The largest absolute Gasteiger partial charge is 0.299 e. The zero-order valence-electron chi connectivity index (χ0n) is 8.12. The van der Waals surface area contributed by atoms with E-state index in [9.17, 15) is 13.2 Å². The maximum atomic E-state index is 11.6. The number of hydrogen-bond donors (Lipinski definition) is 0. The van der Waals surface area contributed by atoms with Gasteiger partial charge in [0.1, 0.15) is 5.78 Å². The Balaban J connectivity index is 2.62. The van der Waals surface area contributed by atoms with Crippen LogP contribution in [0.4, 0.5) is 0 Å². The Bertz CT molecular complexity index is 292. The van der Waals surface area contributed by atoms with Crippen LogP contribution >= 0.6 is 0 Å². The summed E-state index contributed by atoms with van der Waals surface area (Å²) < 4.78 is 22.2. The molecule has 1 aliphatic rings. The summed E-state index contributed by atoms with van der Waals surface area (Å²) >= 11 is 0. The molecule has 2 atom stereocenters. The Labute approximate surface area is 79.4 Å². The zero-order chi connectivity index (χ0) is 10.1. The average Bonchev–Trinajstić information content (AvgIpc) is 2.43. The molecule has 13 heavy (non-hydrogen) atoms. The molecule has 0 bridgehead atoms. The van der Waals surface area contributed by atoms with E-state index < -0.39 is 9.84 Å². The molecule has 0 aromatic rings. The molecule has 76 valence electrons. The first-order chi connectivity index (χ1) is 5.96. The molecule has 1 rings (SSSR count). The van der Waals surface area contributed by atoms with Gasteiger partial charge in [-0.3, -0.25) is 4.79 Å². The third-order valence-electron chi connectivity index (χ3n) is 2.73. The standard InChI is InChI=1S/C9H16O3S/c1-3-7(2)9(10)8-4-5-13(11,12)6-8/h7-8H,3-6H2,1-2H3. The van der Waals surface area contributed by atoms with Crippen LogP contribution < -0.4 is 0 Å². The second-order valence-corrected chi connectivity index (χ2v) is 6.04. The smallest absolute Gasteiger partial charge is 0.151 e. The molecule has 0 aliphatic carbocycles. The van der Waals surface area contributed by atoms with Crippen molar-refractivity contribution >= 4 is 15.6 Å². The Morgan fingerprint density at radius 2 is 2.15 bits per heavy atom. The van der Waals surface area contributed by atoms with Gasteiger partial charge in [-0.05, 0) is 12.8 Å². The second kappa shape index (κ2) is 3.78. The Morgan fingerprint density at radius 1 is 1.54 bits per heavy atom. The molecule has 0 aromatic heterocycles. The van der Waals surface area contributed by atoms with Gasteiger partial charge in [0.05, 0.1) is 11.5 Å². The van der Waals surface area contributed by atoms with Crippen LogP contribution in [0, 0.1) is 11.8 Å². The van der Waals surface area contributed by atoms with E-state index in [-0.39, 0.29) is 29.1 Å². The van der Waals surface area contributed by atoms with Gasteiger partial charge < -0.3 is 0 Å². The highest BCUT2D eigenvalue weighted by atomic mass is 32.2. The van der Waals surface area contributed by atoms with E-state index in [1.54, 1.807) is 0 Å². The Morgan fingerprint density at radius 3 is 2.54 bits per heavy atom. The lowest BCUT2D eigenvalue weighted by atomic mass is 9.92. The number of hydrogen-bond acceptors (Lipinski definition) is 3. The maximum Gasteiger partial charge on any atom is 0.151 e. The van der Waals surface area contributed by atoms with E-state index in [1.807, 2.05) is 13.8 Å². The van der Waals surface area contributed by atoms with Crippen LogP contribution in [0.1, 0.15) is 26.7 Å². The monoisotopic (exact) mass is 204 g/mol. The molecule has 0 N–H and O–H groups in total. The first-order valence-electron chi connectivity index (χ1n) is 4.70. The summed E-state index contributed by atoms with van der Waals surface area (Å²) in [6.45, 7) is 3.82. The van der Waals surface area contributed by atoms with Gasteiger partial charge in [-0.2, -0.15) is 0 Å². The molecule has 1 heterocycles. The van der Waals surface area contributed by atoms with Crippen molar-refractivity contribution in [2.24, 2.45) is 11.8 Å². The number of rotatable bonds is 3. The van der Waals surface area contributed by atoms with Gasteiger partial charge in [-0.1, -0.05) is 13.8 Å². The molecule has 1 saturated heterocycles. The minimum atomic E-state index is -2.90. The molecule has 1 aliphatic heterocycles. The number of carbonyl (C=O) groups excluding carboxylic acids is 1. The lowest BCUT2D eigenvalue weighted by molar-refractivity contribution is -0.125. The first kappa shape index (κ1) is 10.7. The highest BCUT2D eigenvalue weighted by Gasteiger charge is 2.34. The fourth-order valence-corrected chi connectivity index (χ4v) is 3.38. The molecule has 0 aromatic carbocycles. The molecule has 3 nitrogen and oxygen atoms in total. The van der Waals surface area contributed by atoms with Crippen LogP contribution in [-0.2, 0) is 14.6 Å². The van der Waals surface area contributed by atoms with Crippen molar-refractivity contribution in [1.29, 1.82) is 0 Å². The van der Waals surface area contributed by atoms with Crippen LogP contribution in [0.3, 0.4) is 0 Å². The predicted octanol–water partition coefficient (Wildman–Crippen LogP) is 1.04. The molecule has 2 unspecified atom stereocenters. The number of ketones is 1. The lowest BCUT2D eigenvalue weighted by Crippen LogP contribution is -2.22. The van der Waals surface area contributed by atoms with E-state index >= 15 is 0 Å². The maximum absolute atomic E-state index is 11.6. The number of Topliss-reactive ketones (excluding diaryl/α,β-unsaturated/α-hetero) is 1. The van der Waals surface area contributed by atoms with Crippen molar-refractivity contribution in [3.8, 4) is 0 Å². The summed E-state index contributed by atoms with van der Waals surface area (Å²) in [7, 11) is -2.90. The van der Waals surface area contributed by atoms with Gasteiger partial charge in [-0.25, -0.2) is 8.42 Å². The molecule has 0 saturated carbocycles. The van der Waals surface area contributed by atoms with Crippen LogP contribution in [0.15, 0.2) is 0 Å². The van der Waals surface area contributed by atoms with Gasteiger partial charge in [0.2, 0.25) is 0 Å². The molecule has 0 spiro atoms.